The number of halogens is 1. The van der Waals surface area contributed by atoms with Crippen LogP contribution in [0, 0.1) is 39.0 Å². The number of hydrogen-bond donors (Lipinski definition) is 1. The summed E-state index contributed by atoms with van der Waals surface area (Å²) in [6, 6.07) is 4.06. The first-order chi connectivity index (χ1) is 20.0. The molecule has 1 aliphatic rings. The van der Waals surface area contributed by atoms with Gasteiger partial charge >= 0.3 is 0 Å². The lowest BCUT2D eigenvalue weighted by atomic mass is 10.0. The lowest BCUT2D eigenvalue weighted by molar-refractivity contribution is -0.138. The Morgan fingerprint density at radius 3 is 2.50 bits per heavy atom. The zero-order valence-corrected chi connectivity index (χ0v) is 25.4. The maximum Gasteiger partial charge on any atom is 0.248 e. The van der Waals surface area contributed by atoms with Gasteiger partial charge in [-0.15, -0.1) is 6.42 Å². The van der Waals surface area contributed by atoms with Crippen molar-refractivity contribution in [1.82, 2.24) is 34.6 Å². The average Bonchev–Trinajstić information content (AvgIpc) is 3.48. The lowest BCUT2D eigenvalue weighted by Crippen LogP contribution is -2.48. The van der Waals surface area contributed by atoms with E-state index in [9.17, 15) is 14.4 Å². The van der Waals surface area contributed by atoms with Gasteiger partial charge in [0.25, 0.3) is 0 Å². The van der Waals surface area contributed by atoms with Crippen LogP contribution >= 0.6 is 15.9 Å². The molecule has 0 bridgehead atoms. The third-order valence-corrected chi connectivity index (χ3v) is 7.86. The number of hydrogen-bond acceptors (Lipinski definition) is 8. The van der Waals surface area contributed by atoms with Crippen molar-refractivity contribution in [3.05, 3.63) is 57.8 Å². The number of nitrogens with one attached hydrogen (secondary N) is 1. The number of amides is 2. The van der Waals surface area contributed by atoms with Crippen LogP contribution in [0.4, 0.5) is 5.82 Å². The molecule has 1 aliphatic heterocycles. The van der Waals surface area contributed by atoms with Crippen molar-refractivity contribution < 1.29 is 14.4 Å². The van der Waals surface area contributed by atoms with Crippen molar-refractivity contribution in [3.63, 3.8) is 0 Å². The fourth-order valence-electron chi connectivity index (χ4n) is 5.31. The van der Waals surface area contributed by atoms with Crippen LogP contribution in [0.25, 0.3) is 22.3 Å². The molecule has 0 spiro atoms. The van der Waals surface area contributed by atoms with Crippen molar-refractivity contribution >= 4 is 50.4 Å². The van der Waals surface area contributed by atoms with E-state index in [4.69, 9.17) is 11.4 Å². The monoisotopic (exact) mass is 628 g/mol. The highest BCUT2D eigenvalue weighted by Crippen LogP contribution is 2.32. The Labute approximate surface area is 251 Å². The van der Waals surface area contributed by atoms with Crippen molar-refractivity contribution in [2.24, 2.45) is 5.92 Å². The Hall–Kier alpha value is -4.50. The van der Waals surface area contributed by atoms with Crippen molar-refractivity contribution in [2.75, 3.05) is 5.32 Å². The Balaban J connectivity index is 1.50. The maximum atomic E-state index is 13.9. The van der Waals surface area contributed by atoms with E-state index in [2.05, 4.69) is 47.2 Å². The first-order valence-electron chi connectivity index (χ1n) is 13.4. The molecule has 0 saturated carbocycles. The highest BCUT2D eigenvalue weighted by molar-refractivity contribution is 9.10. The molecule has 11 nitrogen and oxygen atoms in total. The van der Waals surface area contributed by atoms with Crippen LogP contribution in [0.3, 0.4) is 0 Å². The minimum absolute atomic E-state index is 0.115. The number of nitrogens with zero attached hydrogens (tertiary/aromatic N) is 7. The number of anilines is 1. The van der Waals surface area contributed by atoms with Gasteiger partial charge in [-0.2, -0.15) is 5.10 Å². The summed E-state index contributed by atoms with van der Waals surface area (Å²) in [4.78, 5) is 59.0. The Kier molecular flexibility index (Phi) is 7.88. The molecule has 1 fully saturated rings. The molecule has 0 aromatic carbocycles. The average molecular weight is 630 g/mol. The van der Waals surface area contributed by atoms with Gasteiger partial charge in [0.2, 0.25) is 11.8 Å². The highest BCUT2D eigenvalue weighted by Gasteiger charge is 2.44. The lowest BCUT2D eigenvalue weighted by Gasteiger charge is -2.28. The predicted octanol–water partition coefficient (Wildman–Crippen LogP) is 4.05. The van der Waals surface area contributed by atoms with Crippen LogP contribution in [-0.2, 0) is 16.1 Å². The van der Waals surface area contributed by atoms with Gasteiger partial charge in [-0.05, 0) is 72.3 Å². The highest BCUT2D eigenvalue weighted by atomic mass is 79.9. The van der Waals surface area contributed by atoms with E-state index in [1.54, 1.807) is 25.4 Å². The number of carbonyl (C=O) groups is 3. The van der Waals surface area contributed by atoms with Gasteiger partial charge in [0.15, 0.2) is 11.5 Å². The van der Waals surface area contributed by atoms with Crippen molar-refractivity contribution in [2.45, 2.75) is 59.7 Å². The molecule has 0 unspecified atom stereocenters. The summed E-state index contributed by atoms with van der Waals surface area (Å²) in [5.41, 5.74) is 3.88. The number of ketones is 1. The van der Waals surface area contributed by atoms with Gasteiger partial charge in [0.1, 0.15) is 34.3 Å². The number of rotatable bonds is 6. The first kappa shape index (κ1) is 29.0. The molecule has 2 amide bonds. The third kappa shape index (κ3) is 5.39. The van der Waals surface area contributed by atoms with E-state index in [1.807, 2.05) is 32.9 Å². The third-order valence-electron chi connectivity index (χ3n) is 7.42. The van der Waals surface area contributed by atoms with Crippen LogP contribution in [0.1, 0.15) is 47.7 Å². The van der Waals surface area contributed by atoms with Crippen LogP contribution in [0.5, 0.6) is 0 Å². The van der Waals surface area contributed by atoms with Gasteiger partial charge in [0.05, 0.1) is 17.3 Å². The van der Waals surface area contributed by atoms with Gasteiger partial charge in [-0.3, -0.25) is 19.1 Å². The van der Waals surface area contributed by atoms with Crippen LogP contribution in [0.2, 0.25) is 0 Å². The topological polar surface area (TPSA) is 136 Å². The molecule has 42 heavy (non-hydrogen) atoms. The Morgan fingerprint density at radius 2 is 1.83 bits per heavy atom. The molecular formula is C30H29BrN8O3. The fraction of sp³-hybridized carbons (Fsp3) is 0.333. The summed E-state index contributed by atoms with van der Waals surface area (Å²) in [5, 5.41) is 7.36. The SMILES string of the molecule is C#C[C@@H]1[C@@H](C)C[C@@H](C(=O)Nc2nc(Br)ccc2C)N1C(=O)Cn1nc(C(C)=O)c2nc(-c3cnc(C)nc3)cc(C)c21. The maximum absolute atomic E-state index is 13.9. The summed E-state index contributed by atoms with van der Waals surface area (Å²) >= 11 is 3.33. The number of pyridine rings is 2. The van der Waals surface area contributed by atoms with E-state index in [1.165, 1.54) is 16.5 Å². The second-order valence-corrected chi connectivity index (χ2v) is 11.3. The summed E-state index contributed by atoms with van der Waals surface area (Å²) in [5.74, 6) is 2.55. The second-order valence-electron chi connectivity index (χ2n) is 10.5. The zero-order valence-electron chi connectivity index (χ0n) is 23.8. The van der Waals surface area contributed by atoms with Crippen LogP contribution < -0.4 is 5.32 Å². The number of aryl methyl sites for hydroxylation is 3. The molecule has 1 N–H and O–H groups in total. The second kappa shape index (κ2) is 11.4. The molecule has 5 heterocycles. The van der Waals surface area contributed by atoms with E-state index in [0.29, 0.717) is 45.0 Å². The van der Waals surface area contributed by atoms with E-state index >= 15 is 0 Å². The van der Waals surface area contributed by atoms with Crippen LogP contribution in [-0.4, -0.2) is 64.3 Å². The molecule has 12 heteroatoms. The summed E-state index contributed by atoms with van der Waals surface area (Å²) in [6.45, 7) is 8.58. The molecule has 5 rings (SSSR count). The van der Waals surface area contributed by atoms with Crippen molar-refractivity contribution in [3.8, 4) is 23.6 Å². The smallest absolute Gasteiger partial charge is 0.248 e. The zero-order chi connectivity index (χ0) is 30.3. The summed E-state index contributed by atoms with van der Waals surface area (Å²) in [7, 11) is 0. The normalized spacial score (nSPS) is 18.2. The largest absolute Gasteiger partial charge is 0.315 e. The number of fused-ring (bicyclic) bond motifs is 1. The summed E-state index contributed by atoms with van der Waals surface area (Å²) < 4.78 is 2.05. The van der Waals surface area contributed by atoms with Crippen LogP contribution in [0.15, 0.2) is 35.2 Å². The van der Waals surface area contributed by atoms with Gasteiger partial charge in [-0.1, -0.05) is 18.9 Å². The summed E-state index contributed by atoms with van der Waals surface area (Å²) in [6.07, 6.45) is 9.59. The molecule has 3 atom stereocenters. The van der Waals surface area contributed by atoms with Crippen molar-refractivity contribution in [1.29, 1.82) is 0 Å². The number of Topliss-reactive ketones (excluding diaryl/α,β-unsaturated/α-hetero) is 1. The molecule has 1 saturated heterocycles. The predicted molar refractivity (Wildman–Crippen MR) is 160 cm³/mol. The molecule has 4 aromatic heterocycles. The van der Waals surface area contributed by atoms with Gasteiger partial charge in [0, 0.05) is 24.9 Å². The fourth-order valence-corrected chi connectivity index (χ4v) is 5.62. The number of aromatic nitrogens is 6. The van der Waals surface area contributed by atoms with E-state index in [-0.39, 0.29) is 29.8 Å². The Morgan fingerprint density at radius 1 is 1.12 bits per heavy atom. The molecule has 0 radical (unpaired) electrons. The standard InChI is InChI=1S/C30H29BrN8O3/c1-7-22-16(3)11-23(30(42)36-29-15(2)8-9-24(31)35-29)39(22)25(41)14-38-28-17(4)10-21(20-12-32-19(6)33-13-20)34-27(28)26(37-38)18(5)40/h1,8-10,12-13,16,22-23H,11,14H2,2-6H3,(H,35,36,42)/t16-,22+,23-/m0/s1. The molecule has 0 aliphatic carbocycles. The molecule has 214 valence electrons. The number of carbonyl (C=O) groups excluding carboxylic acids is 3. The first-order valence-corrected chi connectivity index (χ1v) is 14.2. The molecular weight excluding hydrogens is 600 g/mol. The minimum atomic E-state index is -0.810. The van der Waals surface area contributed by atoms with Gasteiger partial charge < -0.3 is 10.2 Å². The van der Waals surface area contributed by atoms with E-state index in [0.717, 1.165) is 11.1 Å². The number of likely N-dealkylation sites (tertiary alicyclic amines) is 1. The van der Waals surface area contributed by atoms with Gasteiger partial charge in [-0.25, -0.2) is 19.9 Å². The molecule has 4 aromatic rings. The van der Waals surface area contributed by atoms with E-state index < -0.39 is 18.0 Å². The Bertz CT molecular complexity index is 1780. The quantitative estimate of drug-likeness (QED) is 0.192. The minimum Gasteiger partial charge on any atom is -0.315 e. The number of terminal acetylenes is 1.